The Balaban J connectivity index is 1.96. The summed E-state index contributed by atoms with van der Waals surface area (Å²) in [6.07, 6.45) is 2.89. The third kappa shape index (κ3) is 1.73. The van der Waals surface area contributed by atoms with Gasteiger partial charge in [-0.25, -0.2) is 4.39 Å². The lowest BCUT2D eigenvalue weighted by Gasteiger charge is -2.35. The van der Waals surface area contributed by atoms with Crippen molar-refractivity contribution in [1.82, 2.24) is 9.47 Å². The van der Waals surface area contributed by atoms with E-state index in [1.807, 2.05) is 6.92 Å². The van der Waals surface area contributed by atoms with Gasteiger partial charge in [-0.3, -0.25) is 14.3 Å². The Morgan fingerprint density at radius 1 is 1.33 bits per heavy atom. The molecule has 1 aromatic heterocycles. The molecule has 1 aliphatic rings. The van der Waals surface area contributed by atoms with Crippen LogP contribution in [-0.2, 0) is 0 Å². The minimum atomic E-state index is -0.275. The summed E-state index contributed by atoms with van der Waals surface area (Å²) >= 11 is 0. The molecular weight excluding hydrogens is 231 g/mol. The predicted molar refractivity (Wildman–Crippen MR) is 68.2 cm³/mol. The quantitative estimate of drug-likeness (QED) is 0.813. The molecule has 0 aliphatic carbocycles. The van der Waals surface area contributed by atoms with Gasteiger partial charge in [0, 0.05) is 24.7 Å². The second-order valence-electron chi connectivity index (χ2n) is 4.79. The maximum atomic E-state index is 13.1. The van der Waals surface area contributed by atoms with Gasteiger partial charge in [-0.15, -0.1) is 0 Å². The van der Waals surface area contributed by atoms with Crippen LogP contribution < -0.4 is 0 Å². The van der Waals surface area contributed by atoms with Crippen molar-refractivity contribution in [1.29, 1.82) is 0 Å². The maximum absolute atomic E-state index is 13.1. The molecule has 1 saturated heterocycles. The van der Waals surface area contributed by atoms with E-state index in [0.29, 0.717) is 0 Å². The summed E-state index contributed by atoms with van der Waals surface area (Å²) in [6.45, 7) is 3.90. The third-order valence-corrected chi connectivity index (χ3v) is 3.69. The van der Waals surface area contributed by atoms with Gasteiger partial charge in [0.25, 0.3) is 0 Å². The highest BCUT2D eigenvalue weighted by Gasteiger charge is 2.27. The van der Waals surface area contributed by atoms with E-state index in [0.717, 1.165) is 30.4 Å². The molecule has 1 aliphatic heterocycles. The van der Waals surface area contributed by atoms with Crippen molar-refractivity contribution in [3.05, 3.63) is 36.3 Å². The first-order valence-corrected chi connectivity index (χ1v) is 6.22. The fourth-order valence-corrected chi connectivity index (χ4v) is 2.39. The molecule has 3 nitrogen and oxygen atoms in total. The first kappa shape index (κ1) is 11.4. The Bertz CT molecular complexity index is 601. The fourth-order valence-electron chi connectivity index (χ4n) is 2.39. The molecule has 2 heterocycles. The highest BCUT2D eigenvalue weighted by Crippen LogP contribution is 2.19. The van der Waals surface area contributed by atoms with Crippen LogP contribution in [0.4, 0.5) is 4.39 Å². The lowest BCUT2D eigenvalue weighted by molar-refractivity contribution is 0.0647. The summed E-state index contributed by atoms with van der Waals surface area (Å²) in [6, 6.07) is 6.16. The summed E-state index contributed by atoms with van der Waals surface area (Å²) in [5.74, 6) is -0.222. The molecule has 0 saturated carbocycles. The molecule has 1 aromatic carbocycles. The summed E-state index contributed by atoms with van der Waals surface area (Å²) in [4.78, 5) is 14.5. The number of aromatic nitrogens is 1. The number of carbonyl (C=O) groups is 1. The maximum Gasteiger partial charge on any atom is 0.248 e. The number of hydrogen-bond acceptors (Lipinski definition) is 2. The van der Waals surface area contributed by atoms with Crippen LogP contribution in [0.1, 0.15) is 18.1 Å². The number of rotatable bonds is 2. The van der Waals surface area contributed by atoms with Gasteiger partial charge in [-0.1, -0.05) is 0 Å². The Hall–Kier alpha value is -1.68. The normalized spacial score (nSPS) is 17.7. The van der Waals surface area contributed by atoms with Crippen molar-refractivity contribution in [3.8, 4) is 0 Å². The molecule has 1 unspecified atom stereocenters. The number of benzene rings is 1. The average Bonchev–Trinajstić information content (AvgIpc) is 2.68. The van der Waals surface area contributed by atoms with Gasteiger partial charge >= 0.3 is 0 Å². The lowest BCUT2D eigenvalue weighted by atomic mass is 10.1. The van der Waals surface area contributed by atoms with E-state index in [4.69, 9.17) is 0 Å². The number of carbonyl (C=O) groups excluding carboxylic acids is 1. The van der Waals surface area contributed by atoms with Crippen LogP contribution in [-0.4, -0.2) is 34.5 Å². The molecule has 4 heteroatoms. The van der Waals surface area contributed by atoms with E-state index in [1.165, 1.54) is 12.1 Å². The van der Waals surface area contributed by atoms with Crippen LogP contribution in [0.2, 0.25) is 0 Å². The summed E-state index contributed by atoms with van der Waals surface area (Å²) in [5, 5.41) is 0.763. The fraction of sp³-hybridized carbons (Fsp3) is 0.357. The molecule has 3 rings (SSSR count). The predicted octanol–water partition coefficient (Wildman–Crippen LogP) is 2.51. The Kier molecular flexibility index (Phi) is 2.67. The zero-order valence-corrected chi connectivity index (χ0v) is 10.3. The smallest absolute Gasteiger partial charge is 0.248 e. The van der Waals surface area contributed by atoms with Gasteiger partial charge in [0.15, 0.2) is 0 Å². The van der Waals surface area contributed by atoms with Crippen molar-refractivity contribution < 1.29 is 9.18 Å². The van der Waals surface area contributed by atoms with Crippen molar-refractivity contribution >= 4 is 16.8 Å². The third-order valence-electron chi connectivity index (χ3n) is 3.69. The number of likely N-dealkylation sites (tertiary alicyclic amines) is 1. The van der Waals surface area contributed by atoms with E-state index in [1.54, 1.807) is 22.9 Å². The standard InChI is InChI=1S/C14H15FN2O/c1-10(16-6-2-7-16)14(18)17-8-5-11-9-12(15)3-4-13(11)17/h3-5,8-10H,2,6-7H2,1H3. The van der Waals surface area contributed by atoms with Crippen LogP contribution >= 0.6 is 0 Å². The molecule has 0 N–H and O–H groups in total. The molecule has 0 spiro atoms. The number of hydrogen-bond donors (Lipinski definition) is 0. The highest BCUT2D eigenvalue weighted by atomic mass is 19.1. The van der Waals surface area contributed by atoms with Crippen LogP contribution in [0.5, 0.6) is 0 Å². The van der Waals surface area contributed by atoms with Crippen LogP contribution in [0, 0.1) is 5.82 Å². The molecule has 1 atom stereocenters. The van der Waals surface area contributed by atoms with E-state index < -0.39 is 0 Å². The minimum Gasteiger partial charge on any atom is -0.292 e. The Labute approximate surface area is 105 Å². The van der Waals surface area contributed by atoms with Crippen molar-refractivity contribution in [3.63, 3.8) is 0 Å². The molecule has 2 aromatic rings. The topological polar surface area (TPSA) is 25.2 Å². The van der Waals surface area contributed by atoms with Gasteiger partial charge in [0.05, 0.1) is 11.6 Å². The zero-order chi connectivity index (χ0) is 12.7. The van der Waals surface area contributed by atoms with E-state index in [2.05, 4.69) is 4.90 Å². The Morgan fingerprint density at radius 2 is 2.11 bits per heavy atom. The second kappa shape index (κ2) is 4.21. The van der Waals surface area contributed by atoms with Crippen molar-refractivity contribution in [2.45, 2.75) is 19.4 Å². The summed E-state index contributed by atoms with van der Waals surface area (Å²) in [5.41, 5.74) is 0.772. The number of halogens is 1. The second-order valence-corrected chi connectivity index (χ2v) is 4.79. The van der Waals surface area contributed by atoms with Crippen molar-refractivity contribution in [2.24, 2.45) is 0 Å². The molecule has 18 heavy (non-hydrogen) atoms. The lowest BCUT2D eigenvalue weighted by Crippen LogP contribution is -2.48. The van der Waals surface area contributed by atoms with Crippen molar-refractivity contribution in [2.75, 3.05) is 13.1 Å². The molecule has 94 valence electrons. The van der Waals surface area contributed by atoms with E-state index >= 15 is 0 Å². The van der Waals surface area contributed by atoms with Gasteiger partial charge in [-0.2, -0.15) is 0 Å². The van der Waals surface area contributed by atoms with Gasteiger partial charge in [0.1, 0.15) is 5.82 Å². The largest absolute Gasteiger partial charge is 0.292 e. The molecular formula is C14H15FN2O. The summed E-state index contributed by atoms with van der Waals surface area (Å²) < 4.78 is 14.7. The van der Waals surface area contributed by atoms with Gasteiger partial charge < -0.3 is 0 Å². The molecule has 0 radical (unpaired) electrons. The van der Waals surface area contributed by atoms with Gasteiger partial charge in [-0.05, 0) is 37.6 Å². The molecule has 1 fully saturated rings. The van der Waals surface area contributed by atoms with Gasteiger partial charge in [0.2, 0.25) is 5.91 Å². The van der Waals surface area contributed by atoms with Crippen LogP contribution in [0.15, 0.2) is 30.5 Å². The SMILES string of the molecule is CC(C(=O)n1ccc2cc(F)ccc21)N1CCC1. The van der Waals surface area contributed by atoms with Crippen LogP contribution in [0.25, 0.3) is 10.9 Å². The van der Waals surface area contributed by atoms with E-state index in [-0.39, 0.29) is 17.8 Å². The van der Waals surface area contributed by atoms with E-state index in [9.17, 15) is 9.18 Å². The Morgan fingerprint density at radius 3 is 2.78 bits per heavy atom. The zero-order valence-electron chi connectivity index (χ0n) is 10.3. The average molecular weight is 246 g/mol. The number of fused-ring (bicyclic) bond motifs is 1. The summed E-state index contributed by atoms with van der Waals surface area (Å²) in [7, 11) is 0. The van der Waals surface area contributed by atoms with Crippen LogP contribution in [0.3, 0.4) is 0 Å². The number of nitrogens with zero attached hydrogens (tertiary/aromatic N) is 2. The molecule has 0 amide bonds. The monoisotopic (exact) mass is 246 g/mol. The minimum absolute atomic E-state index is 0.0521. The first-order chi connectivity index (χ1) is 8.66. The first-order valence-electron chi connectivity index (χ1n) is 6.22. The highest BCUT2D eigenvalue weighted by molar-refractivity contribution is 5.94. The molecule has 0 bridgehead atoms.